The molecule has 0 amide bonds. The maximum Gasteiger partial charge on any atom is 0.148 e. The number of furan rings is 1. The number of hydrogen-bond donors (Lipinski definition) is 1. The average Bonchev–Trinajstić information content (AvgIpc) is 3.02. The van der Waals surface area contributed by atoms with Crippen molar-refractivity contribution >= 4 is 15.9 Å². The van der Waals surface area contributed by atoms with Crippen molar-refractivity contribution in [2.75, 3.05) is 0 Å². The lowest BCUT2D eigenvalue weighted by Gasteiger charge is -2.34. The number of aliphatic hydroxyl groups excluding tert-OH is 1. The van der Waals surface area contributed by atoms with Crippen LogP contribution in [0.15, 0.2) is 21.2 Å². The molecule has 2 saturated carbocycles. The van der Waals surface area contributed by atoms with Gasteiger partial charge in [-0.1, -0.05) is 6.42 Å². The molecule has 4 heteroatoms. The van der Waals surface area contributed by atoms with Crippen molar-refractivity contribution in [1.82, 2.24) is 0 Å². The summed E-state index contributed by atoms with van der Waals surface area (Å²) in [4.78, 5) is 0. The van der Waals surface area contributed by atoms with Gasteiger partial charge >= 0.3 is 0 Å². The van der Waals surface area contributed by atoms with E-state index < -0.39 is 11.5 Å². The lowest BCUT2D eigenvalue weighted by molar-refractivity contribution is 0.00744. The monoisotopic (exact) mass is 295 g/mol. The summed E-state index contributed by atoms with van der Waals surface area (Å²) < 4.78 is 6.08. The first-order valence-corrected chi connectivity index (χ1v) is 6.79. The second-order valence-corrected chi connectivity index (χ2v) is 6.12. The van der Waals surface area contributed by atoms with Gasteiger partial charge in [-0.25, -0.2) is 0 Å². The van der Waals surface area contributed by atoms with Gasteiger partial charge in [-0.3, -0.25) is 0 Å². The topological polar surface area (TPSA) is 57.2 Å². The maximum absolute atomic E-state index is 10.5. The summed E-state index contributed by atoms with van der Waals surface area (Å²) in [5.41, 5.74) is -0.636. The van der Waals surface area contributed by atoms with E-state index in [0.29, 0.717) is 17.6 Å². The van der Waals surface area contributed by atoms with Gasteiger partial charge in [-0.2, -0.15) is 5.26 Å². The van der Waals surface area contributed by atoms with Crippen LogP contribution in [0.2, 0.25) is 0 Å². The Balaban J connectivity index is 1.97. The van der Waals surface area contributed by atoms with Crippen molar-refractivity contribution in [1.29, 1.82) is 5.26 Å². The number of aliphatic hydroxyl groups is 1. The third kappa shape index (κ3) is 1.49. The Hall–Kier alpha value is -0.790. The molecule has 2 fully saturated rings. The van der Waals surface area contributed by atoms with Crippen molar-refractivity contribution in [2.45, 2.75) is 31.8 Å². The number of halogens is 1. The van der Waals surface area contributed by atoms with E-state index in [1.54, 1.807) is 12.3 Å². The molecule has 0 radical (unpaired) electrons. The zero-order chi connectivity index (χ0) is 12.0. The molecule has 2 bridgehead atoms. The van der Waals surface area contributed by atoms with E-state index in [-0.39, 0.29) is 0 Å². The fourth-order valence-electron chi connectivity index (χ4n) is 3.64. The molecule has 0 aromatic carbocycles. The van der Waals surface area contributed by atoms with Gasteiger partial charge < -0.3 is 9.52 Å². The van der Waals surface area contributed by atoms with Crippen LogP contribution < -0.4 is 0 Å². The lowest BCUT2D eigenvalue weighted by atomic mass is 9.69. The quantitative estimate of drug-likeness (QED) is 0.910. The molecule has 0 saturated heterocycles. The fraction of sp³-hybridized carbons (Fsp3) is 0.615. The molecule has 3 rings (SSSR count). The molecule has 0 aliphatic heterocycles. The summed E-state index contributed by atoms with van der Waals surface area (Å²) in [6.45, 7) is 0. The minimum Gasteiger partial charge on any atom is -0.465 e. The zero-order valence-electron chi connectivity index (χ0n) is 9.40. The van der Waals surface area contributed by atoms with Crippen LogP contribution in [-0.2, 0) is 0 Å². The summed E-state index contributed by atoms with van der Waals surface area (Å²) in [5.74, 6) is 1.44. The van der Waals surface area contributed by atoms with E-state index >= 15 is 0 Å². The second-order valence-electron chi connectivity index (χ2n) is 5.27. The number of rotatable bonds is 2. The highest BCUT2D eigenvalue weighted by atomic mass is 79.9. The molecule has 1 heterocycles. The second kappa shape index (κ2) is 3.86. The fourth-order valence-corrected chi connectivity index (χ4v) is 4.06. The highest BCUT2D eigenvalue weighted by Crippen LogP contribution is 2.61. The van der Waals surface area contributed by atoms with E-state index in [0.717, 1.165) is 23.7 Å². The van der Waals surface area contributed by atoms with Gasteiger partial charge in [0.2, 0.25) is 0 Å². The molecule has 2 aliphatic carbocycles. The van der Waals surface area contributed by atoms with Crippen molar-refractivity contribution in [3.63, 3.8) is 0 Å². The molecule has 2 aliphatic rings. The summed E-state index contributed by atoms with van der Waals surface area (Å²) in [6.07, 6.45) is 4.90. The minimum atomic E-state index is -0.813. The van der Waals surface area contributed by atoms with Crippen LogP contribution in [0.5, 0.6) is 0 Å². The van der Waals surface area contributed by atoms with Crippen LogP contribution >= 0.6 is 15.9 Å². The van der Waals surface area contributed by atoms with Crippen LogP contribution in [0.25, 0.3) is 0 Å². The summed E-state index contributed by atoms with van der Waals surface area (Å²) in [6, 6.07) is 4.15. The van der Waals surface area contributed by atoms with Gasteiger partial charge in [0, 0.05) is 0 Å². The normalized spacial score (nSPS) is 37.0. The molecular weight excluding hydrogens is 282 g/mol. The number of hydrogen-bond acceptors (Lipinski definition) is 3. The van der Waals surface area contributed by atoms with Gasteiger partial charge in [0.25, 0.3) is 0 Å². The van der Waals surface area contributed by atoms with Crippen LogP contribution in [-0.4, -0.2) is 5.11 Å². The van der Waals surface area contributed by atoms with Crippen LogP contribution in [0.3, 0.4) is 0 Å². The standard InChI is InChI=1S/C13H14BrNO2/c14-10-3-4-17-11(10)12(16)13(7-15)6-8-1-2-9(13)5-8/h3-4,8-9,12,16H,1-2,5-6H2. The Bertz CT molecular complexity index is 478. The average molecular weight is 296 g/mol. The molecule has 1 aromatic heterocycles. The molecule has 4 unspecified atom stereocenters. The van der Waals surface area contributed by atoms with Crippen LogP contribution in [0, 0.1) is 28.6 Å². The number of fused-ring (bicyclic) bond motifs is 2. The van der Waals surface area contributed by atoms with E-state index in [9.17, 15) is 10.4 Å². The van der Waals surface area contributed by atoms with E-state index in [2.05, 4.69) is 22.0 Å². The van der Waals surface area contributed by atoms with E-state index in [1.807, 2.05) is 0 Å². The third-order valence-electron chi connectivity index (χ3n) is 4.49. The summed E-state index contributed by atoms with van der Waals surface area (Å²) >= 11 is 3.36. The molecule has 17 heavy (non-hydrogen) atoms. The summed E-state index contributed by atoms with van der Waals surface area (Å²) in [5, 5.41) is 20.0. The van der Waals surface area contributed by atoms with Crippen LogP contribution in [0.1, 0.15) is 37.5 Å². The Kier molecular flexibility index (Phi) is 2.57. The van der Waals surface area contributed by atoms with Crippen molar-refractivity contribution in [3.05, 3.63) is 22.6 Å². The Morgan fingerprint density at radius 1 is 1.59 bits per heavy atom. The van der Waals surface area contributed by atoms with Gasteiger partial charge in [0.05, 0.1) is 22.2 Å². The van der Waals surface area contributed by atoms with Crippen molar-refractivity contribution in [3.8, 4) is 6.07 Å². The van der Waals surface area contributed by atoms with Crippen LogP contribution in [0.4, 0.5) is 0 Å². The SMILES string of the molecule is N#CC1(C(O)c2occc2Br)CC2CCC1C2. The Morgan fingerprint density at radius 2 is 2.41 bits per heavy atom. The van der Waals surface area contributed by atoms with E-state index in [4.69, 9.17) is 4.42 Å². The molecule has 1 aromatic rings. The molecular formula is C13H14BrNO2. The predicted molar refractivity (Wildman–Crippen MR) is 64.9 cm³/mol. The van der Waals surface area contributed by atoms with Gasteiger partial charge in [0.1, 0.15) is 11.9 Å². The first-order chi connectivity index (χ1) is 8.17. The highest BCUT2D eigenvalue weighted by Gasteiger charge is 2.56. The Labute approximate surface area is 109 Å². The lowest BCUT2D eigenvalue weighted by Crippen LogP contribution is -2.33. The first-order valence-electron chi connectivity index (χ1n) is 5.99. The van der Waals surface area contributed by atoms with Crippen molar-refractivity contribution < 1.29 is 9.52 Å². The molecule has 3 nitrogen and oxygen atoms in total. The Morgan fingerprint density at radius 3 is 2.88 bits per heavy atom. The number of nitrogens with zero attached hydrogens (tertiary/aromatic N) is 1. The molecule has 90 valence electrons. The molecule has 1 N–H and O–H groups in total. The maximum atomic E-state index is 10.5. The zero-order valence-corrected chi connectivity index (χ0v) is 11.0. The smallest absolute Gasteiger partial charge is 0.148 e. The van der Waals surface area contributed by atoms with Crippen molar-refractivity contribution in [2.24, 2.45) is 17.3 Å². The highest BCUT2D eigenvalue weighted by molar-refractivity contribution is 9.10. The van der Waals surface area contributed by atoms with Gasteiger partial charge in [-0.15, -0.1) is 0 Å². The summed E-state index contributed by atoms with van der Waals surface area (Å²) in [7, 11) is 0. The van der Waals surface area contributed by atoms with Gasteiger partial charge in [0.15, 0.2) is 0 Å². The largest absolute Gasteiger partial charge is 0.465 e. The minimum absolute atomic E-state index is 0.324. The van der Waals surface area contributed by atoms with E-state index in [1.165, 1.54) is 6.42 Å². The number of nitriles is 1. The third-order valence-corrected chi connectivity index (χ3v) is 5.14. The van der Waals surface area contributed by atoms with Gasteiger partial charge in [-0.05, 0) is 53.1 Å². The first kappa shape index (κ1) is 11.3. The molecule has 0 spiro atoms. The predicted octanol–water partition coefficient (Wildman–Crippen LogP) is 3.41. The molecule has 4 atom stereocenters.